The maximum Gasteiger partial charge on any atom is 0.129 e. The van der Waals surface area contributed by atoms with Crippen LogP contribution in [0.2, 0.25) is 0 Å². The lowest BCUT2D eigenvalue weighted by molar-refractivity contribution is 0.612. The Bertz CT molecular complexity index is 502. The van der Waals surface area contributed by atoms with E-state index in [-0.39, 0.29) is 10.6 Å². The van der Waals surface area contributed by atoms with Crippen molar-refractivity contribution in [2.24, 2.45) is 0 Å². The summed E-state index contributed by atoms with van der Waals surface area (Å²) in [5, 5.41) is 0. The highest BCUT2D eigenvalue weighted by molar-refractivity contribution is 9.11. The van der Waals surface area contributed by atoms with Gasteiger partial charge in [0, 0.05) is 19.8 Å². The highest BCUT2D eigenvalue weighted by atomic mass is 79.9. The van der Waals surface area contributed by atoms with E-state index in [1.54, 1.807) is 17.4 Å². The molecular weight excluding hydrogens is 367 g/mol. The summed E-state index contributed by atoms with van der Waals surface area (Å²) in [6.45, 7) is 2.12. The van der Waals surface area contributed by atoms with Gasteiger partial charge in [0.2, 0.25) is 0 Å². The molecule has 1 aromatic heterocycles. The summed E-state index contributed by atoms with van der Waals surface area (Å²) >= 11 is 8.70. The smallest absolute Gasteiger partial charge is 0.129 e. The molecule has 90 valence electrons. The number of benzene rings is 1. The highest BCUT2D eigenvalue weighted by Gasteiger charge is 2.19. The first-order valence-corrected chi connectivity index (χ1v) is 7.82. The average Bonchev–Trinajstić information content (AvgIpc) is 2.77. The van der Waals surface area contributed by atoms with Crippen molar-refractivity contribution in [3.8, 4) is 0 Å². The molecule has 1 atom stereocenters. The maximum atomic E-state index is 13.8. The Balaban J connectivity index is 2.39. The maximum absolute atomic E-state index is 13.8. The standard InChI is InChI=1S/C13H11Br2FS/c1-2-8-6-7-11(17-8)13(15)12-9(14)4-3-5-10(12)16/h3-7,13H,2H2,1H3. The second kappa shape index (κ2) is 5.63. The molecule has 0 aliphatic rings. The van der Waals surface area contributed by atoms with Gasteiger partial charge in [-0.05, 0) is 30.7 Å². The molecule has 0 nitrogen and oxygen atoms in total. The third-order valence-corrected chi connectivity index (χ3v) is 5.77. The minimum Gasteiger partial charge on any atom is -0.207 e. The molecule has 0 spiro atoms. The minimum atomic E-state index is -0.187. The van der Waals surface area contributed by atoms with E-state index in [2.05, 4.69) is 50.9 Å². The van der Waals surface area contributed by atoms with E-state index in [0.717, 1.165) is 15.8 Å². The fraction of sp³-hybridized carbons (Fsp3) is 0.231. The molecule has 0 aliphatic carbocycles. The Morgan fingerprint density at radius 3 is 2.65 bits per heavy atom. The van der Waals surface area contributed by atoms with Crippen molar-refractivity contribution in [3.05, 3.63) is 55.9 Å². The molecule has 0 saturated heterocycles. The van der Waals surface area contributed by atoms with Crippen LogP contribution in [0, 0.1) is 5.82 Å². The Labute approximate surface area is 121 Å². The van der Waals surface area contributed by atoms with Gasteiger partial charge in [0.1, 0.15) is 5.82 Å². The number of hydrogen-bond donors (Lipinski definition) is 0. The van der Waals surface area contributed by atoms with Crippen molar-refractivity contribution in [2.45, 2.75) is 18.2 Å². The van der Waals surface area contributed by atoms with E-state index in [4.69, 9.17) is 0 Å². The second-order valence-electron chi connectivity index (χ2n) is 3.66. The number of thiophene rings is 1. The summed E-state index contributed by atoms with van der Waals surface area (Å²) in [5.74, 6) is -0.187. The van der Waals surface area contributed by atoms with Gasteiger partial charge in [-0.1, -0.05) is 44.8 Å². The van der Waals surface area contributed by atoms with Crippen molar-refractivity contribution in [3.63, 3.8) is 0 Å². The largest absolute Gasteiger partial charge is 0.207 e. The van der Waals surface area contributed by atoms with Gasteiger partial charge in [0.15, 0.2) is 0 Å². The van der Waals surface area contributed by atoms with Crippen LogP contribution in [0.1, 0.15) is 27.1 Å². The molecule has 0 amide bonds. The van der Waals surface area contributed by atoms with Crippen LogP contribution >= 0.6 is 43.2 Å². The second-order valence-corrected chi connectivity index (χ2v) is 6.63. The Kier molecular flexibility index (Phi) is 4.39. The number of hydrogen-bond acceptors (Lipinski definition) is 1. The van der Waals surface area contributed by atoms with E-state index < -0.39 is 0 Å². The van der Waals surface area contributed by atoms with Crippen molar-refractivity contribution in [2.75, 3.05) is 0 Å². The predicted molar refractivity (Wildman–Crippen MR) is 78.6 cm³/mol. The zero-order valence-corrected chi connectivity index (χ0v) is 13.2. The molecule has 1 heterocycles. The number of aryl methyl sites for hydroxylation is 1. The lowest BCUT2D eigenvalue weighted by atomic mass is 10.1. The summed E-state index contributed by atoms with van der Waals surface area (Å²) in [5.41, 5.74) is 0.664. The molecule has 0 N–H and O–H groups in total. The van der Waals surface area contributed by atoms with Crippen LogP contribution in [0.4, 0.5) is 4.39 Å². The summed E-state index contributed by atoms with van der Waals surface area (Å²) in [7, 11) is 0. The van der Waals surface area contributed by atoms with Gasteiger partial charge < -0.3 is 0 Å². The first-order valence-electron chi connectivity index (χ1n) is 5.30. The first-order chi connectivity index (χ1) is 8.13. The SMILES string of the molecule is CCc1ccc(C(Br)c2c(F)cccc2Br)s1. The molecule has 1 unspecified atom stereocenters. The van der Waals surface area contributed by atoms with Crippen LogP contribution in [0.15, 0.2) is 34.8 Å². The lowest BCUT2D eigenvalue weighted by Crippen LogP contribution is -1.95. The van der Waals surface area contributed by atoms with Gasteiger partial charge in [-0.15, -0.1) is 11.3 Å². The Morgan fingerprint density at radius 2 is 2.06 bits per heavy atom. The van der Waals surface area contributed by atoms with E-state index >= 15 is 0 Å². The van der Waals surface area contributed by atoms with Crippen LogP contribution in [-0.2, 0) is 6.42 Å². The molecule has 0 radical (unpaired) electrons. The van der Waals surface area contributed by atoms with E-state index in [0.29, 0.717) is 5.56 Å². The molecule has 1 aromatic carbocycles. The molecule has 0 aliphatic heterocycles. The number of halogens is 3. The molecule has 17 heavy (non-hydrogen) atoms. The molecule has 4 heteroatoms. The van der Waals surface area contributed by atoms with Crippen LogP contribution in [-0.4, -0.2) is 0 Å². The zero-order valence-electron chi connectivity index (χ0n) is 9.21. The summed E-state index contributed by atoms with van der Waals surface area (Å²) < 4.78 is 14.6. The molecule has 0 bridgehead atoms. The molecular formula is C13H11Br2FS. The Hall–Kier alpha value is -0.190. The Morgan fingerprint density at radius 1 is 1.29 bits per heavy atom. The van der Waals surface area contributed by atoms with Gasteiger partial charge in [-0.3, -0.25) is 0 Å². The van der Waals surface area contributed by atoms with Crippen LogP contribution in [0.5, 0.6) is 0 Å². The lowest BCUT2D eigenvalue weighted by Gasteiger charge is -2.11. The van der Waals surface area contributed by atoms with E-state index in [1.807, 2.05) is 6.07 Å². The van der Waals surface area contributed by atoms with Gasteiger partial charge >= 0.3 is 0 Å². The zero-order chi connectivity index (χ0) is 12.4. The third-order valence-electron chi connectivity index (χ3n) is 2.53. The van der Waals surface area contributed by atoms with Crippen LogP contribution in [0.25, 0.3) is 0 Å². The van der Waals surface area contributed by atoms with Crippen molar-refractivity contribution in [1.82, 2.24) is 0 Å². The van der Waals surface area contributed by atoms with Crippen molar-refractivity contribution >= 4 is 43.2 Å². The predicted octanol–water partition coefficient (Wildman–Crippen LogP) is 5.70. The van der Waals surface area contributed by atoms with E-state index in [1.165, 1.54) is 10.9 Å². The molecule has 2 aromatic rings. The minimum absolute atomic E-state index is 0.0941. The normalized spacial score (nSPS) is 12.7. The van der Waals surface area contributed by atoms with E-state index in [9.17, 15) is 4.39 Å². The molecule has 0 saturated carbocycles. The van der Waals surface area contributed by atoms with Gasteiger partial charge in [-0.25, -0.2) is 4.39 Å². The first kappa shape index (κ1) is 13.2. The van der Waals surface area contributed by atoms with Crippen LogP contribution in [0.3, 0.4) is 0 Å². The fourth-order valence-electron chi connectivity index (χ4n) is 1.62. The fourth-order valence-corrected chi connectivity index (χ4v) is 4.33. The average molecular weight is 378 g/mol. The summed E-state index contributed by atoms with van der Waals surface area (Å²) in [4.78, 5) is 2.35. The topological polar surface area (TPSA) is 0 Å². The number of rotatable bonds is 3. The number of alkyl halides is 1. The molecule has 0 fully saturated rings. The summed E-state index contributed by atoms with van der Waals surface area (Å²) in [6.07, 6.45) is 1.02. The third kappa shape index (κ3) is 2.80. The highest BCUT2D eigenvalue weighted by Crippen LogP contribution is 2.39. The van der Waals surface area contributed by atoms with Gasteiger partial charge in [0.25, 0.3) is 0 Å². The monoisotopic (exact) mass is 376 g/mol. The van der Waals surface area contributed by atoms with Crippen LogP contribution < -0.4 is 0 Å². The van der Waals surface area contributed by atoms with Gasteiger partial charge in [0.05, 0.1) is 4.83 Å². The summed E-state index contributed by atoms with van der Waals surface area (Å²) in [6, 6.07) is 9.21. The van der Waals surface area contributed by atoms with Crippen molar-refractivity contribution < 1.29 is 4.39 Å². The molecule has 2 rings (SSSR count). The quantitative estimate of drug-likeness (QED) is 0.602. The van der Waals surface area contributed by atoms with Crippen molar-refractivity contribution in [1.29, 1.82) is 0 Å². The van der Waals surface area contributed by atoms with Gasteiger partial charge in [-0.2, -0.15) is 0 Å².